The monoisotopic (exact) mass is 402 g/mol. The smallest absolute Gasteiger partial charge is 0.307 e. The molecule has 1 aromatic heterocycles. The predicted octanol–water partition coefficient (Wildman–Crippen LogP) is 4.28. The molecule has 1 heterocycles. The molecule has 0 bridgehead atoms. The molecule has 1 amide bonds. The van der Waals surface area contributed by atoms with E-state index in [2.05, 4.69) is 11.1 Å². The first kappa shape index (κ1) is 21.2. The summed E-state index contributed by atoms with van der Waals surface area (Å²) in [6, 6.07) is 17.7. The molecule has 30 heavy (non-hydrogen) atoms. The van der Waals surface area contributed by atoms with Gasteiger partial charge in [0.05, 0.1) is 12.8 Å². The molecule has 0 unspecified atom stereocenters. The number of aromatic nitrogens is 1. The van der Waals surface area contributed by atoms with Crippen molar-refractivity contribution in [2.75, 3.05) is 6.54 Å². The summed E-state index contributed by atoms with van der Waals surface area (Å²) in [7, 11) is 0. The van der Waals surface area contributed by atoms with E-state index in [1.54, 1.807) is 12.4 Å². The topological polar surface area (TPSA) is 70.5 Å². The first-order valence-electron chi connectivity index (χ1n) is 10.0. The minimum Gasteiger partial charge on any atom is -0.481 e. The van der Waals surface area contributed by atoms with Gasteiger partial charge in [-0.05, 0) is 42.2 Å². The van der Waals surface area contributed by atoms with E-state index in [4.69, 9.17) is 5.11 Å². The highest BCUT2D eigenvalue weighted by molar-refractivity contribution is 5.79. The van der Waals surface area contributed by atoms with Gasteiger partial charge in [-0.25, -0.2) is 0 Å². The number of benzene rings is 2. The van der Waals surface area contributed by atoms with Crippen molar-refractivity contribution >= 4 is 11.9 Å². The minimum atomic E-state index is -0.887. The first-order valence-corrected chi connectivity index (χ1v) is 10.0. The van der Waals surface area contributed by atoms with Crippen LogP contribution < -0.4 is 0 Å². The van der Waals surface area contributed by atoms with Crippen LogP contribution in [-0.4, -0.2) is 33.4 Å². The zero-order valence-electron chi connectivity index (χ0n) is 17.3. The van der Waals surface area contributed by atoms with Gasteiger partial charge in [-0.1, -0.05) is 54.1 Å². The third kappa shape index (κ3) is 5.54. The molecule has 0 aliphatic heterocycles. The van der Waals surface area contributed by atoms with Crippen molar-refractivity contribution < 1.29 is 14.7 Å². The van der Waals surface area contributed by atoms with Crippen LogP contribution in [-0.2, 0) is 29.0 Å². The second-order valence-corrected chi connectivity index (χ2v) is 7.38. The second kappa shape index (κ2) is 9.83. The number of rotatable bonds is 8. The first-order chi connectivity index (χ1) is 14.5. The van der Waals surface area contributed by atoms with E-state index in [1.165, 1.54) is 0 Å². The van der Waals surface area contributed by atoms with Gasteiger partial charge in [-0.15, -0.1) is 0 Å². The van der Waals surface area contributed by atoms with Gasteiger partial charge in [-0.2, -0.15) is 0 Å². The quantitative estimate of drug-likeness (QED) is 0.611. The summed E-state index contributed by atoms with van der Waals surface area (Å²) < 4.78 is 0. The molecule has 5 heteroatoms. The highest BCUT2D eigenvalue weighted by Gasteiger charge is 2.16. The molecule has 0 atom stereocenters. The van der Waals surface area contributed by atoms with Crippen LogP contribution in [0.1, 0.15) is 29.2 Å². The average molecular weight is 402 g/mol. The Balaban J connectivity index is 1.87. The Kier molecular flexibility index (Phi) is 6.96. The summed E-state index contributed by atoms with van der Waals surface area (Å²) in [6.45, 7) is 5.10. The Labute approximate surface area is 177 Å². The van der Waals surface area contributed by atoms with Crippen LogP contribution in [0.4, 0.5) is 0 Å². The maximum Gasteiger partial charge on any atom is 0.307 e. The summed E-state index contributed by atoms with van der Waals surface area (Å²) in [5, 5.41) is 9.08. The van der Waals surface area contributed by atoms with E-state index < -0.39 is 5.97 Å². The van der Waals surface area contributed by atoms with Crippen molar-refractivity contribution in [3.8, 4) is 11.1 Å². The van der Waals surface area contributed by atoms with E-state index >= 15 is 0 Å². The third-order valence-electron chi connectivity index (χ3n) is 5.02. The Morgan fingerprint density at radius 2 is 1.73 bits per heavy atom. The SMILES string of the molecule is CCN(Cc1cc(C)ccc1-c1cncc(CC(=O)O)c1)C(=O)Cc1ccccc1. The number of pyridine rings is 1. The number of amides is 1. The van der Waals surface area contributed by atoms with Gasteiger partial charge in [0.2, 0.25) is 5.91 Å². The summed E-state index contributed by atoms with van der Waals surface area (Å²) in [5.74, 6) is -0.810. The van der Waals surface area contributed by atoms with Crippen molar-refractivity contribution in [2.24, 2.45) is 0 Å². The number of hydrogen-bond donors (Lipinski definition) is 1. The Bertz CT molecular complexity index is 1030. The fourth-order valence-corrected chi connectivity index (χ4v) is 3.51. The van der Waals surface area contributed by atoms with Crippen LogP contribution in [0.2, 0.25) is 0 Å². The molecule has 154 valence electrons. The number of carboxylic acids is 1. The lowest BCUT2D eigenvalue weighted by molar-refractivity contribution is -0.136. The van der Waals surface area contributed by atoms with Crippen molar-refractivity contribution in [1.82, 2.24) is 9.88 Å². The van der Waals surface area contributed by atoms with Crippen molar-refractivity contribution in [3.05, 3.63) is 89.2 Å². The van der Waals surface area contributed by atoms with Gasteiger partial charge in [-0.3, -0.25) is 14.6 Å². The molecule has 5 nitrogen and oxygen atoms in total. The van der Waals surface area contributed by atoms with Crippen LogP contribution in [0, 0.1) is 6.92 Å². The molecule has 0 radical (unpaired) electrons. The number of carboxylic acid groups (broad SMARTS) is 1. The number of nitrogens with zero attached hydrogens (tertiary/aromatic N) is 2. The van der Waals surface area contributed by atoms with Gasteiger partial charge in [0.1, 0.15) is 0 Å². The minimum absolute atomic E-state index is 0.0708. The van der Waals surface area contributed by atoms with Gasteiger partial charge >= 0.3 is 5.97 Å². The van der Waals surface area contributed by atoms with E-state index in [9.17, 15) is 9.59 Å². The summed E-state index contributed by atoms with van der Waals surface area (Å²) in [5.41, 5.74) is 5.60. The van der Waals surface area contributed by atoms with Crippen molar-refractivity contribution in [2.45, 2.75) is 33.2 Å². The number of carbonyl (C=O) groups excluding carboxylic acids is 1. The molecule has 0 saturated carbocycles. The molecule has 3 rings (SSSR count). The van der Waals surface area contributed by atoms with E-state index in [1.807, 2.05) is 67.3 Å². The van der Waals surface area contributed by atoms with Gasteiger partial charge < -0.3 is 10.0 Å². The lowest BCUT2D eigenvalue weighted by Crippen LogP contribution is -2.31. The van der Waals surface area contributed by atoms with E-state index in [0.29, 0.717) is 25.1 Å². The molecule has 1 N–H and O–H groups in total. The molecule has 0 saturated heterocycles. The third-order valence-corrected chi connectivity index (χ3v) is 5.02. The molecule has 0 fully saturated rings. The van der Waals surface area contributed by atoms with Crippen LogP contribution in [0.5, 0.6) is 0 Å². The fourth-order valence-electron chi connectivity index (χ4n) is 3.51. The zero-order chi connectivity index (χ0) is 21.5. The zero-order valence-corrected chi connectivity index (χ0v) is 17.3. The van der Waals surface area contributed by atoms with Crippen molar-refractivity contribution in [1.29, 1.82) is 0 Å². The largest absolute Gasteiger partial charge is 0.481 e. The molecule has 0 aliphatic carbocycles. The Morgan fingerprint density at radius 3 is 2.43 bits per heavy atom. The molecular formula is C25H26N2O3. The average Bonchev–Trinajstić information content (AvgIpc) is 2.72. The molecule has 0 aliphatic rings. The molecule has 2 aromatic carbocycles. The normalized spacial score (nSPS) is 10.6. The van der Waals surface area contributed by atoms with E-state index in [0.717, 1.165) is 27.8 Å². The Hall–Kier alpha value is -3.47. The highest BCUT2D eigenvalue weighted by atomic mass is 16.4. The lowest BCUT2D eigenvalue weighted by Gasteiger charge is -2.23. The maximum atomic E-state index is 12.9. The lowest BCUT2D eigenvalue weighted by atomic mass is 9.97. The maximum absolute atomic E-state index is 12.9. The van der Waals surface area contributed by atoms with Gasteiger partial charge in [0.25, 0.3) is 0 Å². The Morgan fingerprint density at radius 1 is 0.967 bits per heavy atom. The standard InChI is InChI=1S/C25H26N2O3/c1-3-27(24(28)13-19-7-5-4-6-8-19)17-22-11-18(2)9-10-23(22)21-12-20(14-25(29)30)15-26-16-21/h4-12,15-16H,3,13-14,17H2,1-2H3,(H,29,30). The van der Waals surface area contributed by atoms with Crippen LogP contribution >= 0.6 is 0 Å². The molecule has 3 aromatic rings. The summed E-state index contributed by atoms with van der Waals surface area (Å²) >= 11 is 0. The van der Waals surface area contributed by atoms with E-state index in [-0.39, 0.29) is 12.3 Å². The van der Waals surface area contributed by atoms with Crippen LogP contribution in [0.15, 0.2) is 67.0 Å². The van der Waals surface area contributed by atoms with Crippen molar-refractivity contribution in [3.63, 3.8) is 0 Å². The van der Waals surface area contributed by atoms with Crippen LogP contribution in [0.25, 0.3) is 11.1 Å². The molecule has 0 spiro atoms. The predicted molar refractivity (Wildman–Crippen MR) is 117 cm³/mol. The highest BCUT2D eigenvalue weighted by Crippen LogP contribution is 2.26. The number of hydrogen-bond acceptors (Lipinski definition) is 3. The number of aliphatic carboxylic acids is 1. The van der Waals surface area contributed by atoms with Gasteiger partial charge in [0.15, 0.2) is 0 Å². The summed E-state index contributed by atoms with van der Waals surface area (Å²) in [6.07, 6.45) is 3.61. The van der Waals surface area contributed by atoms with Gasteiger partial charge in [0, 0.05) is 31.0 Å². The number of aryl methyl sites for hydroxylation is 1. The number of likely N-dealkylation sites (N-methyl/N-ethyl adjacent to an activating group) is 1. The molecular weight excluding hydrogens is 376 g/mol. The number of carbonyl (C=O) groups is 2. The fraction of sp³-hybridized carbons (Fsp3) is 0.240. The summed E-state index contributed by atoms with van der Waals surface area (Å²) in [4.78, 5) is 30.0. The second-order valence-electron chi connectivity index (χ2n) is 7.38. The van der Waals surface area contributed by atoms with Crippen LogP contribution in [0.3, 0.4) is 0 Å².